The van der Waals surface area contributed by atoms with Gasteiger partial charge in [-0.05, 0) is 58.8 Å². The third-order valence-electron chi connectivity index (χ3n) is 3.48. The van der Waals surface area contributed by atoms with E-state index < -0.39 is 9.84 Å². The van der Waals surface area contributed by atoms with Crippen LogP contribution in [0.5, 0.6) is 11.5 Å². The van der Waals surface area contributed by atoms with E-state index >= 15 is 0 Å². The van der Waals surface area contributed by atoms with Crippen LogP contribution in [0.15, 0.2) is 50.7 Å². The van der Waals surface area contributed by atoms with E-state index in [1.165, 1.54) is 18.2 Å². The molecule has 0 spiro atoms. The molecule has 0 atom stereocenters. The Hall–Kier alpha value is -2.30. The smallest absolute Gasteiger partial charge is 0.231 e. The molecule has 2 aromatic rings. The van der Waals surface area contributed by atoms with Gasteiger partial charge in [-0.2, -0.15) is 5.26 Å². The molecule has 7 heteroatoms. The van der Waals surface area contributed by atoms with Crippen molar-refractivity contribution in [1.82, 2.24) is 0 Å². The fourth-order valence-electron chi connectivity index (χ4n) is 2.24. The van der Waals surface area contributed by atoms with Gasteiger partial charge < -0.3 is 9.47 Å². The molecule has 2 aromatic carbocycles. The van der Waals surface area contributed by atoms with Gasteiger partial charge in [0.1, 0.15) is 11.0 Å². The largest absolute Gasteiger partial charge is 0.454 e. The zero-order valence-corrected chi connectivity index (χ0v) is 15.0. The van der Waals surface area contributed by atoms with E-state index in [0.717, 1.165) is 5.56 Å². The second kappa shape index (κ2) is 6.30. The van der Waals surface area contributed by atoms with Gasteiger partial charge in [0.25, 0.3) is 0 Å². The van der Waals surface area contributed by atoms with Gasteiger partial charge in [-0.15, -0.1) is 0 Å². The maximum atomic E-state index is 12.6. The minimum atomic E-state index is -3.88. The molecule has 0 amide bonds. The standard InChI is InChI=1S/C17H12BrNO4S/c1-11-2-4-13(5-3-11)24(20,21)14(9-19)6-12-7-15(18)17-16(8-12)22-10-23-17/h2-8H,10H2,1H3/b14-6+. The lowest BCUT2D eigenvalue weighted by Gasteiger charge is -2.05. The number of nitriles is 1. The van der Waals surface area contributed by atoms with Crippen molar-refractivity contribution in [3.05, 3.63) is 56.9 Å². The topological polar surface area (TPSA) is 76.4 Å². The van der Waals surface area contributed by atoms with E-state index in [2.05, 4.69) is 15.9 Å². The highest BCUT2D eigenvalue weighted by atomic mass is 79.9. The van der Waals surface area contributed by atoms with E-state index in [1.54, 1.807) is 30.3 Å². The van der Waals surface area contributed by atoms with Gasteiger partial charge in [0.05, 0.1) is 9.37 Å². The Morgan fingerprint density at radius 1 is 1.25 bits per heavy atom. The number of benzene rings is 2. The molecule has 0 radical (unpaired) electrons. The lowest BCUT2D eigenvalue weighted by atomic mass is 10.2. The summed E-state index contributed by atoms with van der Waals surface area (Å²) in [4.78, 5) is -0.252. The summed E-state index contributed by atoms with van der Waals surface area (Å²) in [7, 11) is -3.88. The highest BCUT2D eigenvalue weighted by Crippen LogP contribution is 2.40. The van der Waals surface area contributed by atoms with Crippen LogP contribution >= 0.6 is 15.9 Å². The summed E-state index contributed by atoms with van der Waals surface area (Å²) in [6.07, 6.45) is 1.32. The first-order valence-electron chi connectivity index (χ1n) is 6.94. The molecule has 122 valence electrons. The molecule has 0 N–H and O–H groups in total. The van der Waals surface area contributed by atoms with Gasteiger partial charge >= 0.3 is 0 Å². The number of hydrogen-bond donors (Lipinski definition) is 0. The third kappa shape index (κ3) is 3.03. The van der Waals surface area contributed by atoms with Crippen molar-refractivity contribution in [2.45, 2.75) is 11.8 Å². The van der Waals surface area contributed by atoms with Crippen LogP contribution in [-0.4, -0.2) is 15.2 Å². The summed E-state index contributed by atoms with van der Waals surface area (Å²) in [6, 6.07) is 11.5. The van der Waals surface area contributed by atoms with Gasteiger partial charge in [0, 0.05) is 0 Å². The van der Waals surface area contributed by atoms with Gasteiger partial charge in [0.2, 0.25) is 16.6 Å². The van der Waals surface area contributed by atoms with Gasteiger partial charge in [-0.3, -0.25) is 0 Å². The number of fused-ring (bicyclic) bond motifs is 1. The van der Waals surface area contributed by atoms with E-state index in [1.807, 2.05) is 6.92 Å². The maximum Gasteiger partial charge on any atom is 0.231 e. The van der Waals surface area contributed by atoms with E-state index in [0.29, 0.717) is 21.5 Å². The van der Waals surface area contributed by atoms with Crippen molar-refractivity contribution in [2.75, 3.05) is 6.79 Å². The summed E-state index contributed by atoms with van der Waals surface area (Å²) < 4.78 is 36.5. The number of allylic oxidation sites excluding steroid dienone is 1. The van der Waals surface area contributed by atoms with Crippen molar-refractivity contribution in [2.24, 2.45) is 0 Å². The first-order chi connectivity index (χ1) is 11.4. The summed E-state index contributed by atoms with van der Waals surface area (Å²) >= 11 is 3.35. The molecule has 0 fully saturated rings. The predicted molar refractivity (Wildman–Crippen MR) is 92.2 cm³/mol. The molecule has 0 bridgehead atoms. The van der Waals surface area contributed by atoms with Crippen molar-refractivity contribution >= 4 is 31.8 Å². The lowest BCUT2D eigenvalue weighted by Crippen LogP contribution is -2.03. The van der Waals surface area contributed by atoms with Crippen LogP contribution in [-0.2, 0) is 9.84 Å². The Labute approximate surface area is 148 Å². The molecule has 0 aliphatic carbocycles. The Morgan fingerprint density at radius 2 is 1.96 bits per heavy atom. The Kier molecular flexibility index (Phi) is 4.35. The van der Waals surface area contributed by atoms with E-state index in [4.69, 9.17) is 9.47 Å². The average Bonchev–Trinajstić information content (AvgIpc) is 3.02. The van der Waals surface area contributed by atoms with Crippen LogP contribution in [0, 0.1) is 18.3 Å². The van der Waals surface area contributed by atoms with E-state index in [-0.39, 0.29) is 16.6 Å². The molecule has 0 saturated heterocycles. The molecular formula is C17H12BrNO4S. The third-order valence-corrected chi connectivity index (χ3v) is 5.75. The fraction of sp³-hybridized carbons (Fsp3) is 0.118. The predicted octanol–water partition coefficient (Wildman–Crippen LogP) is 3.82. The summed E-state index contributed by atoms with van der Waals surface area (Å²) in [5.41, 5.74) is 1.47. The van der Waals surface area contributed by atoms with Crippen molar-refractivity contribution in [3.63, 3.8) is 0 Å². The number of nitrogens with zero attached hydrogens (tertiary/aromatic N) is 1. The number of aryl methyl sites for hydroxylation is 1. The quantitative estimate of drug-likeness (QED) is 0.725. The fourth-order valence-corrected chi connectivity index (χ4v) is 3.97. The van der Waals surface area contributed by atoms with E-state index in [9.17, 15) is 13.7 Å². The number of sulfone groups is 1. The van der Waals surface area contributed by atoms with Crippen molar-refractivity contribution in [1.29, 1.82) is 5.26 Å². The molecule has 1 aliphatic heterocycles. The Bertz CT molecular complexity index is 973. The second-order valence-electron chi connectivity index (χ2n) is 5.17. The van der Waals surface area contributed by atoms with Crippen LogP contribution in [0.1, 0.15) is 11.1 Å². The lowest BCUT2D eigenvalue weighted by molar-refractivity contribution is 0.173. The van der Waals surface area contributed by atoms with Gasteiger partial charge in [0.15, 0.2) is 11.5 Å². The van der Waals surface area contributed by atoms with Crippen molar-refractivity contribution in [3.8, 4) is 17.6 Å². The highest BCUT2D eigenvalue weighted by Gasteiger charge is 2.22. The van der Waals surface area contributed by atoms with Gasteiger partial charge in [-0.25, -0.2) is 8.42 Å². The highest BCUT2D eigenvalue weighted by molar-refractivity contribution is 9.10. The van der Waals surface area contributed by atoms with Crippen molar-refractivity contribution < 1.29 is 17.9 Å². The summed E-state index contributed by atoms with van der Waals surface area (Å²) in [5, 5.41) is 9.34. The minimum absolute atomic E-state index is 0.0840. The number of rotatable bonds is 3. The molecular weight excluding hydrogens is 394 g/mol. The van der Waals surface area contributed by atoms with Crippen LogP contribution in [0.4, 0.5) is 0 Å². The number of ether oxygens (including phenoxy) is 2. The maximum absolute atomic E-state index is 12.6. The van der Waals surface area contributed by atoms with Gasteiger partial charge in [-0.1, -0.05) is 17.7 Å². The molecule has 1 heterocycles. The first-order valence-corrected chi connectivity index (χ1v) is 9.22. The zero-order chi connectivity index (χ0) is 17.3. The molecule has 0 saturated carbocycles. The summed E-state index contributed by atoms with van der Waals surface area (Å²) in [6.45, 7) is 1.97. The molecule has 1 aliphatic rings. The van der Waals surface area contributed by atoms with Crippen LogP contribution in [0.25, 0.3) is 6.08 Å². The van der Waals surface area contributed by atoms with Crippen LogP contribution in [0.2, 0.25) is 0 Å². The Balaban J connectivity index is 2.06. The minimum Gasteiger partial charge on any atom is -0.454 e. The van der Waals surface area contributed by atoms with Crippen LogP contribution < -0.4 is 9.47 Å². The molecule has 0 unspecified atom stereocenters. The molecule has 24 heavy (non-hydrogen) atoms. The first kappa shape index (κ1) is 16.6. The monoisotopic (exact) mass is 405 g/mol. The Morgan fingerprint density at radius 3 is 2.62 bits per heavy atom. The SMILES string of the molecule is Cc1ccc(S(=O)(=O)/C(C#N)=C/c2cc(Br)c3c(c2)OCO3)cc1. The molecule has 0 aromatic heterocycles. The number of hydrogen-bond acceptors (Lipinski definition) is 5. The molecule has 5 nitrogen and oxygen atoms in total. The number of halogens is 1. The normalized spacial score (nSPS) is 13.6. The average molecular weight is 406 g/mol. The van der Waals surface area contributed by atoms with Crippen LogP contribution in [0.3, 0.4) is 0 Å². The molecule has 3 rings (SSSR count). The summed E-state index contributed by atoms with van der Waals surface area (Å²) in [5.74, 6) is 1.06. The second-order valence-corrected chi connectivity index (χ2v) is 7.95. The zero-order valence-electron chi connectivity index (χ0n) is 12.6.